The number of fused-ring (bicyclic) bond motifs is 1. The Morgan fingerprint density at radius 2 is 1.50 bits per heavy atom. The Bertz CT molecular complexity index is 377. The van der Waals surface area contributed by atoms with Gasteiger partial charge in [0.25, 0.3) is 0 Å². The third-order valence-electron chi connectivity index (χ3n) is 4.21. The highest BCUT2D eigenvalue weighted by Crippen LogP contribution is 2.33. The molecule has 0 saturated heterocycles. The summed E-state index contributed by atoms with van der Waals surface area (Å²) in [6.45, 7) is 0. The number of rotatable bonds is 2. The van der Waals surface area contributed by atoms with Crippen molar-refractivity contribution in [2.24, 2.45) is 11.8 Å². The molecule has 1 aromatic rings. The zero-order chi connectivity index (χ0) is 11.0. The van der Waals surface area contributed by atoms with Gasteiger partial charge in [0.1, 0.15) is 5.78 Å². The number of ketones is 1. The molecule has 0 amide bonds. The zero-order valence-corrected chi connectivity index (χ0v) is 9.61. The van der Waals surface area contributed by atoms with Gasteiger partial charge in [-0.2, -0.15) is 0 Å². The van der Waals surface area contributed by atoms with Crippen LogP contribution in [0, 0.1) is 11.8 Å². The number of hydrogen-bond donors (Lipinski definition) is 0. The Kier molecular flexibility index (Phi) is 2.55. The molecule has 16 heavy (non-hydrogen) atoms. The first kappa shape index (κ1) is 10.1. The van der Waals surface area contributed by atoms with Crippen molar-refractivity contribution in [2.45, 2.75) is 38.5 Å². The van der Waals surface area contributed by atoms with Gasteiger partial charge in [-0.3, -0.25) is 4.79 Å². The van der Waals surface area contributed by atoms with Gasteiger partial charge < -0.3 is 0 Å². The first-order chi connectivity index (χ1) is 7.84. The average Bonchev–Trinajstić information content (AvgIpc) is 2.97. The second kappa shape index (κ2) is 4.04. The van der Waals surface area contributed by atoms with Crippen LogP contribution in [0.5, 0.6) is 0 Å². The van der Waals surface area contributed by atoms with Crippen LogP contribution in [0.15, 0.2) is 24.3 Å². The maximum Gasteiger partial charge on any atom is 0.139 e. The minimum Gasteiger partial charge on any atom is -0.299 e. The molecule has 0 unspecified atom stereocenters. The minimum absolute atomic E-state index is 0.292. The largest absolute Gasteiger partial charge is 0.299 e. The molecular formula is C15H18O. The molecule has 0 N–H and O–H groups in total. The van der Waals surface area contributed by atoms with Crippen LogP contribution in [0.2, 0.25) is 0 Å². The number of carbonyl (C=O) groups is 1. The Labute approximate surface area is 96.9 Å². The normalized spacial score (nSPS) is 21.2. The minimum atomic E-state index is 0.292. The Hall–Kier alpha value is -1.11. The summed E-state index contributed by atoms with van der Waals surface area (Å²) in [6.07, 6.45) is 6.79. The summed E-state index contributed by atoms with van der Waals surface area (Å²) < 4.78 is 0. The van der Waals surface area contributed by atoms with Crippen molar-refractivity contribution in [3.05, 3.63) is 35.4 Å². The van der Waals surface area contributed by atoms with Crippen LogP contribution in [0.3, 0.4) is 0 Å². The molecule has 1 fully saturated rings. The smallest absolute Gasteiger partial charge is 0.139 e. The maximum atomic E-state index is 12.3. The van der Waals surface area contributed by atoms with E-state index in [9.17, 15) is 4.79 Å². The summed E-state index contributed by atoms with van der Waals surface area (Å²) in [5, 5.41) is 0. The van der Waals surface area contributed by atoms with Crippen LogP contribution in [0.1, 0.15) is 36.8 Å². The molecule has 3 rings (SSSR count). The third kappa shape index (κ3) is 1.68. The molecule has 2 aliphatic carbocycles. The lowest BCUT2D eigenvalue weighted by Crippen LogP contribution is -2.22. The molecule has 1 aromatic carbocycles. The molecule has 0 bridgehead atoms. The van der Waals surface area contributed by atoms with E-state index in [0.717, 1.165) is 25.7 Å². The average molecular weight is 214 g/mol. The van der Waals surface area contributed by atoms with Crippen LogP contribution in [0.25, 0.3) is 0 Å². The summed E-state index contributed by atoms with van der Waals surface area (Å²) in [6, 6.07) is 8.52. The second-order valence-electron chi connectivity index (χ2n) is 5.26. The van der Waals surface area contributed by atoms with Gasteiger partial charge in [0, 0.05) is 11.8 Å². The predicted octanol–water partition coefficient (Wildman–Crippen LogP) is 3.16. The summed E-state index contributed by atoms with van der Waals surface area (Å²) >= 11 is 0. The zero-order valence-electron chi connectivity index (χ0n) is 9.61. The molecule has 1 saturated carbocycles. The van der Waals surface area contributed by atoms with E-state index in [-0.39, 0.29) is 0 Å². The predicted molar refractivity (Wildman–Crippen MR) is 64.3 cm³/mol. The summed E-state index contributed by atoms with van der Waals surface area (Å²) in [5.74, 6) is 1.23. The van der Waals surface area contributed by atoms with Crippen LogP contribution in [-0.2, 0) is 17.6 Å². The van der Waals surface area contributed by atoms with E-state index in [4.69, 9.17) is 0 Å². The molecule has 84 valence electrons. The van der Waals surface area contributed by atoms with Crippen molar-refractivity contribution >= 4 is 5.78 Å². The van der Waals surface area contributed by atoms with Gasteiger partial charge in [-0.25, -0.2) is 0 Å². The second-order valence-corrected chi connectivity index (χ2v) is 5.26. The summed E-state index contributed by atoms with van der Waals surface area (Å²) in [4.78, 5) is 12.3. The Morgan fingerprint density at radius 1 is 0.938 bits per heavy atom. The Balaban J connectivity index is 1.73. The highest BCUT2D eigenvalue weighted by atomic mass is 16.1. The lowest BCUT2D eigenvalue weighted by molar-refractivity contribution is -0.126. The van der Waals surface area contributed by atoms with Gasteiger partial charge in [-0.15, -0.1) is 0 Å². The van der Waals surface area contributed by atoms with Crippen LogP contribution in [0.4, 0.5) is 0 Å². The van der Waals surface area contributed by atoms with Crippen molar-refractivity contribution in [3.63, 3.8) is 0 Å². The lowest BCUT2D eigenvalue weighted by Gasteiger charge is -2.13. The number of Topliss-reactive ketones (excluding diaryl/α,β-unsaturated/α-hetero) is 1. The molecule has 0 radical (unpaired) electrons. The van der Waals surface area contributed by atoms with E-state index in [1.54, 1.807) is 0 Å². The number of carbonyl (C=O) groups excluding carboxylic acids is 1. The van der Waals surface area contributed by atoms with E-state index in [1.807, 2.05) is 0 Å². The van der Waals surface area contributed by atoms with E-state index < -0.39 is 0 Å². The van der Waals surface area contributed by atoms with Crippen LogP contribution >= 0.6 is 0 Å². The molecule has 1 nitrogen and oxygen atoms in total. The fraction of sp³-hybridized carbons (Fsp3) is 0.533. The quantitative estimate of drug-likeness (QED) is 0.739. The van der Waals surface area contributed by atoms with Gasteiger partial charge in [0.15, 0.2) is 0 Å². The molecule has 0 aromatic heterocycles. The highest BCUT2D eigenvalue weighted by molar-refractivity contribution is 5.85. The SMILES string of the molecule is O=C(C1CCCC1)C1Cc2ccccc2C1. The first-order valence-electron chi connectivity index (χ1n) is 6.45. The number of benzene rings is 1. The molecule has 0 spiro atoms. The van der Waals surface area contributed by atoms with Crippen molar-refractivity contribution < 1.29 is 4.79 Å². The standard InChI is InChI=1S/C15H18O/c16-15(11-5-1-2-6-11)14-9-12-7-3-4-8-13(12)10-14/h3-4,7-8,11,14H,1-2,5-6,9-10H2. The molecule has 0 aliphatic heterocycles. The highest BCUT2D eigenvalue weighted by Gasteiger charge is 2.32. The van der Waals surface area contributed by atoms with Crippen molar-refractivity contribution in [1.29, 1.82) is 0 Å². The summed E-state index contributed by atoms with van der Waals surface area (Å²) in [7, 11) is 0. The van der Waals surface area contributed by atoms with Gasteiger partial charge in [-0.1, -0.05) is 37.1 Å². The van der Waals surface area contributed by atoms with E-state index >= 15 is 0 Å². The fourth-order valence-electron chi connectivity index (χ4n) is 3.30. The van der Waals surface area contributed by atoms with Gasteiger partial charge in [-0.05, 0) is 36.8 Å². The summed E-state index contributed by atoms with van der Waals surface area (Å²) in [5.41, 5.74) is 2.80. The monoisotopic (exact) mass is 214 g/mol. The molecule has 1 heteroatoms. The van der Waals surface area contributed by atoms with Crippen molar-refractivity contribution in [3.8, 4) is 0 Å². The van der Waals surface area contributed by atoms with Gasteiger partial charge in [0.05, 0.1) is 0 Å². The van der Waals surface area contributed by atoms with E-state index in [0.29, 0.717) is 17.6 Å². The van der Waals surface area contributed by atoms with E-state index in [2.05, 4.69) is 24.3 Å². The maximum absolute atomic E-state index is 12.3. The molecule has 0 atom stereocenters. The fourth-order valence-corrected chi connectivity index (χ4v) is 3.30. The molecule has 0 heterocycles. The molecule has 2 aliphatic rings. The topological polar surface area (TPSA) is 17.1 Å². The third-order valence-corrected chi connectivity index (χ3v) is 4.21. The number of hydrogen-bond acceptors (Lipinski definition) is 1. The van der Waals surface area contributed by atoms with E-state index in [1.165, 1.54) is 24.0 Å². The van der Waals surface area contributed by atoms with Gasteiger partial charge >= 0.3 is 0 Å². The van der Waals surface area contributed by atoms with Crippen LogP contribution < -0.4 is 0 Å². The van der Waals surface area contributed by atoms with Crippen LogP contribution in [-0.4, -0.2) is 5.78 Å². The molecular weight excluding hydrogens is 196 g/mol. The first-order valence-corrected chi connectivity index (χ1v) is 6.45. The van der Waals surface area contributed by atoms with Crippen molar-refractivity contribution in [2.75, 3.05) is 0 Å². The Morgan fingerprint density at radius 3 is 2.06 bits per heavy atom. The lowest BCUT2D eigenvalue weighted by atomic mass is 9.89. The van der Waals surface area contributed by atoms with Crippen molar-refractivity contribution in [1.82, 2.24) is 0 Å². The van der Waals surface area contributed by atoms with Gasteiger partial charge in [0.2, 0.25) is 0 Å².